The van der Waals surface area contributed by atoms with Gasteiger partial charge in [0, 0.05) is 18.2 Å². The quantitative estimate of drug-likeness (QED) is 0.621. The first-order valence-electron chi connectivity index (χ1n) is 5.13. The van der Waals surface area contributed by atoms with Crippen molar-refractivity contribution in [2.75, 3.05) is 7.11 Å². The highest BCUT2D eigenvalue weighted by atomic mass is 16.5. The SMILES string of the molecule is COCc1cccc(C2(N=C=O)CC2)c1O. The van der Waals surface area contributed by atoms with E-state index in [4.69, 9.17) is 4.74 Å². The van der Waals surface area contributed by atoms with Gasteiger partial charge in [0.15, 0.2) is 0 Å². The lowest BCUT2D eigenvalue weighted by Crippen LogP contribution is -2.04. The summed E-state index contributed by atoms with van der Waals surface area (Å²) in [5, 5.41) is 10.1. The highest BCUT2D eigenvalue weighted by Gasteiger charge is 2.46. The van der Waals surface area contributed by atoms with Gasteiger partial charge in [-0.1, -0.05) is 18.2 Å². The Morgan fingerprint density at radius 1 is 1.56 bits per heavy atom. The van der Waals surface area contributed by atoms with Crippen LogP contribution in [-0.4, -0.2) is 18.3 Å². The third-order valence-electron chi connectivity index (χ3n) is 2.90. The van der Waals surface area contributed by atoms with Crippen LogP contribution >= 0.6 is 0 Å². The van der Waals surface area contributed by atoms with Crippen molar-refractivity contribution in [2.45, 2.75) is 25.0 Å². The zero-order chi connectivity index (χ0) is 11.6. The maximum atomic E-state index is 10.4. The number of hydrogen-bond donors (Lipinski definition) is 1. The van der Waals surface area contributed by atoms with E-state index in [1.807, 2.05) is 6.07 Å². The van der Waals surface area contributed by atoms with Gasteiger partial charge < -0.3 is 9.84 Å². The summed E-state index contributed by atoms with van der Waals surface area (Å²) in [6.45, 7) is 0.348. The number of carbonyl (C=O) groups excluding carboxylic acids is 1. The summed E-state index contributed by atoms with van der Waals surface area (Å²) in [7, 11) is 1.57. The van der Waals surface area contributed by atoms with Crippen molar-refractivity contribution < 1.29 is 14.6 Å². The average Bonchev–Trinajstić information content (AvgIpc) is 3.03. The molecule has 0 heterocycles. The van der Waals surface area contributed by atoms with E-state index in [-0.39, 0.29) is 5.75 Å². The van der Waals surface area contributed by atoms with Gasteiger partial charge in [0.25, 0.3) is 0 Å². The van der Waals surface area contributed by atoms with E-state index in [0.717, 1.165) is 12.8 Å². The van der Waals surface area contributed by atoms with Gasteiger partial charge in [-0.25, -0.2) is 4.79 Å². The number of rotatable bonds is 4. The fourth-order valence-corrected chi connectivity index (χ4v) is 1.89. The summed E-state index contributed by atoms with van der Waals surface area (Å²) in [6, 6.07) is 5.43. The van der Waals surface area contributed by atoms with Crippen LogP contribution in [0.2, 0.25) is 0 Å². The van der Waals surface area contributed by atoms with Crippen molar-refractivity contribution in [2.24, 2.45) is 4.99 Å². The van der Waals surface area contributed by atoms with E-state index in [1.165, 1.54) is 0 Å². The molecular weight excluding hydrogens is 206 g/mol. The molecule has 0 spiro atoms. The smallest absolute Gasteiger partial charge is 0.235 e. The predicted molar refractivity (Wildman–Crippen MR) is 57.9 cm³/mol. The van der Waals surface area contributed by atoms with Gasteiger partial charge >= 0.3 is 0 Å². The molecule has 0 atom stereocenters. The van der Waals surface area contributed by atoms with Crippen LogP contribution in [0.5, 0.6) is 5.75 Å². The largest absolute Gasteiger partial charge is 0.507 e. The second-order valence-electron chi connectivity index (χ2n) is 3.98. The second-order valence-corrected chi connectivity index (χ2v) is 3.98. The molecule has 0 saturated heterocycles. The number of phenols is 1. The highest BCUT2D eigenvalue weighted by Crippen LogP contribution is 2.52. The predicted octanol–water partition coefficient (Wildman–Crippen LogP) is 1.86. The third-order valence-corrected chi connectivity index (χ3v) is 2.90. The van der Waals surface area contributed by atoms with Crippen LogP contribution in [0.3, 0.4) is 0 Å². The van der Waals surface area contributed by atoms with E-state index < -0.39 is 5.54 Å². The number of para-hydroxylation sites is 1. The molecule has 1 fully saturated rings. The molecule has 0 aromatic heterocycles. The zero-order valence-corrected chi connectivity index (χ0v) is 9.06. The molecule has 1 aliphatic carbocycles. The van der Waals surface area contributed by atoms with Crippen LogP contribution in [0.1, 0.15) is 24.0 Å². The normalized spacial score (nSPS) is 16.6. The Labute approximate surface area is 93.6 Å². The number of nitrogens with zero attached hydrogens (tertiary/aromatic N) is 1. The number of aliphatic imine (C=N–C) groups is 1. The van der Waals surface area contributed by atoms with Gasteiger partial charge in [0.05, 0.1) is 6.61 Å². The molecule has 0 unspecified atom stereocenters. The molecule has 2 rings (SSSR count). The molecule has 1 aliphatic rings. The first-order chi connectivity index (χ1) is 7.73. The molecule has 4 nitrogen and oxygen atoms in total. The van der Waals surface area contributed by atoms with Gasteiger partial charge in [-0.2, -0.15) is 4.99 Å². The van der Waals surface area contributed by atoms with E-state index in [9.17, 15) is 9.90 Å². The van der Waals surface area contributed by atoms with Gasteiger partial charge in [0.1, 0.15) is 11.3 Å². The molecule has 16 heavy (non-hydrogen) atoms. The summed E-state index contributed by atoms with van der Waals surface area (Å²) in [5.74, 6) is 0.181. The minimum absolute atomic E-state index is 0.181. The molecule has 1 N–H and O–H groups in total. The highest BCUT2D eigenvalue weighted by molar-refractivity contribution is 5.49. The van der Waals surface area contributed by atoms with Crippen LogP contribution in [0.25, 0.3) is 0 Å². The minimum atomic E-state index is -0.532. The molecule has 4 heteroatoms. The molecular formula is C12H13NO3. The van der Waals surface area contributed by atoms with Crippen LogP contribution < -0.4 is 0 Å². The Morgan fingerprint density at radius 2 is 2.31 bits per heavy atom. The van der Waals surface area contributed by atoms with Crippen molar-refractivity contribution >= 4 is 6.08 Å². The number of benzene rings is 1. The van der Waals surface area contributed by atoms with Crippen molar-refractivity contribution in [1.82, 2.24) is 0 Å². The maximum Gasteiger partial charge on any atom is 0.235 e. The summed E-state index contributed by atoms with van der Waals surface area (Å²) in [4.78, 5) is 14.2. The Kier molecular flexibility index (Phi) is 2.77. The molecule has 0 amide bonds. The third kappa shape index (κ3) is 1.73. The van der Waals surface area contributed by atoms with Crippen molar-refractivity contribution in [3.8, 4) is 5.75 Å². The lowest BCUT2D eigenvalue weighted by atomic mass is 10.0. The first-order valence-corrected chi connectivity index (χ1v) is 5.13. The van der Waals surface area contributed by atoms with Crippen molar-refractivity contribution in [1.29, 1.82) is 0 Å². The molecule has 1 saturated carbocycles. The number of isocyanates is 1. The lowest BCUT2D eigenvalue weighted by Gasteiger charge is -2.13. The van der Waals surface area contributed by atoms with Crippen molar-refractivity contribution in [3.05, 3.63) is 29.3 Å². The molecule has 0 aliphatic heterocycles. The van der Waals surface area contributed by atoms with Gasteiger partial charge in [-0.05, 0) is 12.8 Å². The zero-order valence-electron chi connectivity index (χ0n) is 9.06. The number of ether oxygens (including phenoxy) is 1. The lowest BCUT2D eigenvalue weighted by molar-refractivity contribution is 0.181. The van der Waals surface area contributed by atoms with Gasteiger partial charge in [0.2, 0.25) is 6.08 Å². The fourth-order valence-electron chi connectivity index (χ4n) is 1.89. The van der Waals surface area contributed by atoms with Crippen LogP contribution in [0, 0.1) is 0 Å². The van der Waals surface area contributed by atoms with Crippen LogP contribution in [0.15, 0.2) is 23.2 Å². The standard InChI is InChI=1S/C12H13NO3/c1-16-7-9-3-2-4-10(11(9)15)12(5-6-12)13-8-14/h2-4,15H,5-7H2,1H3. The second kappa shape index (κ2) is 4.08. The number of methoxy groups -OCH3 is 1. The monoisotopic (exact) mass is 219 g/mol. The molecule has 84 valence electrons. The summed E-state index contributed by atoms with van der Waals surface area (Å²) in [6.07, 6.45) is 3.15. The first kappa shape index (κ1) is 10.9. The maximum absolute atomic E-state index is 10.4. The molecule has 0 bridgehead atoms. The van der Waals surface area contributed by atoms with E-state index in [2.05, 4.69) is 4.99 Å². The Hall–Kier alpha value is -1.64. The summed E-state index contributed by atoms with van der Waals surface area (Å²) >= 11 is 0. The van der Waals surface area contributed by atoms with Gasteiger partial charge in [-0.15, -0.1) is 0 Å². The number of aromatic hydroxyl groups is 1. The Balaban J connectivity index is 2.42. The van der Waals surface area contributed by atoms with Crippen LogP contribution in [-0.2, 0) is 21.7 Å². The fraction of sp³-hybridized carbons (Fsp3) is 0.417. The minimum Gasteiger partial charge on any atom is -0.507 e. The van der Waals surface area contributed by atoms with Crippen molar-refractivity contribution in [3.63, 3.8) is 0 Å². The van der Waals surface area contributed by atoms with Gasteiger partial charge in [-0.3, -0.25) is 0 Å². The topological polar surface area (TPSA) is 58.9 Å². The van der Waals surface area contributed by atoms with E-state index >= 15 is 0 Å². The Bertz CT molecular complexity index is 446. The molecule has 1 aromatic carbocycles. The summed E-state index contributed by atoms with van der Waals surface area (Å²) in [5.41, 5.74) is 0.882. The number of phenolic OH excluding ortho intramolecular Hbond substituents is 1. The Morgan fingerprint density at radius 3 is 2.88 bits per heavy atom. The molecule has 0 radical (unpaired) electrons. The van der Waals surface area contributed by atoms with E-state index in [1.54, 1.807) is 25.3 Å². The molecule has 1 aromatic rings. The van der Waals surface area contributed by atoms with E-state index in [0.29, 0.717) is 17.7 Å². The number of hydrogen-bond acceptors (Lipinski definition) is 4. The summed E-state index contributed by atoms with van der Waals surface area (Å²) < 4.78 is 4.99. The van der Waals surface area contributed by atoms with Crippen LogP contribution in [0.4, 0.5) is 0 Å². The average molecular weight is 219 g/mol.